The van der Waals surface area contributed by atoms with Gasteiger partial charge in [-0.05, 0) is 77.3 Å². The Morgan fingerprint density at radius 3 is 2.67 bits per heavy atom. The van der Waals surface area contributed by atoms with Crippen LogP contribution >= 0.6 is 15.9 Å². The summed E-state index contributed by atoms with van der Waals surface area (Å²) in [6.45, 7) is 8.12. The second kappa shape index (κ2) is 11.6. The third-order valence-electron chi connectivity index (χ3n) is 10.5. The van der Waals surface area contributed by atoms with Crippen molar-refractivity contribution in [2.75, 3.05) is 26.4 Å². The molecule has 4 aliphatic heterocycles. The number of aromatic nitrogens is 1. The fourth-order valence-corrected chi connectivity index (χ4v) is 9.14. The van der Waals surface area contributed by atoms with E-state index in [1.54, 1.807) is 18.7 Å². The summed E-state index contributed by atoms with van der Waals surface area (Å²) in [6.07, 6.45) is 4.83. The van der Waals surface area contributed by atoms with Crippen molar-refractivity contribution in [2.45, 2.75) is 83.1 Å². The molecule has 0 bridgehead atoms. The first kappa shape index (κ1) is 33.7. The minimum atomic E-state index is -4.17. The van der Waals surface area contributed by atoms with Crippen LogP contribution in [0.1, 0.15) is 58.1 Å². The van der Waals surface area contributed by atoms with E-state index in [1.165, 1.54) is 10.5 Å². The van der Waals surface area contributed by atoms with Gasteiger partial charge in [-0.25, -0.2) is 0 Å². The number of amides is 3. The summed E-state index contributed by atoms with van der Waals surface area (Å²) in [4.78, 5) is 57.2. The number of hydrogen-bond donors (Lipinski definition) is 2. The third-order valence-corrected chi connectivity index (χ3v) is 11.5. The van der Waals surface area contributed by atoms with E-state index in [9.17, 15) is 22.8 Å². The van der Waals surface area contributed by atoms with E-state index in [2.05, 4.69) is 37.2 Å². The number of halogens is 1. The molecule has 1 aromatic heterocycles. The minimum absolute atomic E-state index is 0.0125. The predicted octanol–water partition coefficient (Wildman–Crippen LogP) is 3.11. The van der Waals surface area contributed by atoms with Gasteiger partial charge in [-0.2, -0.15) is 13.3 Å². The Morgan fingerprint density at radius 1 is 1.23 bits per heavy atom. The highest BCUT2D eigenvalue weighted by Crippen LogP contribution is 2.51. The molecule has 5 aliphatic rings. The number of nitrogens with zero attached hydrogens (tertiary/aromatic N) is 3. The fourth-order valence-electron chi connectivity index (χ4n) is 8.34. The highest BCUT2D eigenvalue weighted by atomic mass is 79.9. The van der Waals surface area contributed by atoms with Crippen LogP contribution in [0.4, 0.5) is 0 Å². The van der Waals surface area contributed by atoms with Crippen LogP contribution in [0.2, 0.25) is 0 Å². The van der Waals surface area contributed by atoms with Crippen molar-refractivity contribution >= 4 is 60.2 Å². The van der Waals surface area contributed by atoms with Gasteiger partial charge in [-0.15, -0.1) is 4.33 Å². The first-order valence-corrected chi connectivity index (χ1v) is 19.1. The maximum Gasteiger partial charge on any atom is 0.309 e. The van der Waals surface area contributed by atoms with Gasteiger partial charge in [-0.1, -0.05) is 45.9 Å². The van der Waals surface area contributed by atoms with Crippen LogP contribution in [-0.4, -0.2) is 102 Å². The lowest BCUT2D eigenvalue weighted by atomic mass is 9.79. The Balaban J connectivity index is 1.29. The normalized spacial score (nSPS) is 31.8. The number of carbonyl (C=O) groups is 3. The molecular weight excluding hydrogens is 706 g/mol. The summed E-state index contributed by atoms with van der Waals surface area (Å²) in [7, 11) is -2.18. The van der Waals surface area contributed by atoms with E-state index >= 15 is 0 Å². The molecule has 3 fully saturated rings. The first-order chi connectivity index (χ1) is 22.6. The Bertz CT molecular complexity index is 1840. The molecule has 7 rings (SSSR count). The molecule has 6 atom stereocenters. The molecule has 1 aliphatic carbocycles. The smallest absolute Gasteiger partial charge is 0.309 e. The van der Waals surface area contributed by atoms with Gasteiger partial charge in [0.1, 0.15) is 12.1 Å². The van der Waals surface area contributed by atoms with Crippen LogP contribution in [0.3, 0.4) is 0 Å². The van der Waals surface area contributed by atoms with Crippen LogP contribution in [0.25, 0.3) is 16.5 Å². The van der Waals surface area contributed by atoms with Crippen LogP contribution in [-0.2, 0) is 44.9 Å². The molecule has 260 valence electrons. The van der Waals surface area contributed by atoms with Crippen molar-refractivity contribution in [1.82, 2.24) is 25.0 Å². The number of fused-ring (bicyclic) bond motifs is 5. The number of rotatable bonds is 8. The molecule has 0 saturated carbocycles. The van der Waals surface area contributed by atoms with Crippen LogP contribution in [0.5, 0.6) is 0 Å². The van der Waals surface area contributed by atoms with Crippen LogP contribution in [0.15, 0.2) is 28.9 Å². The van der Waals surface area contributed by atoms with Gasteiger partial charge in [0, 0.05) is 36.0 Å². The maximum absolute atomic E-state index is 14.8. The lowest BCUT2D eigenvalue weighted by Crippen LogP contribution is -2.72. The Kier molecular flexibility index (Phi) is 8.15. The van der Waals surface area contributed by atoms with Gasteiger partial charge in [0.15, 0.2) is 0 Å². The van der Waals surface area contributed by atoms with Gasteiger partial charge >= 0.3 is 5.91 Å². The maximum atomic E-state index is 14.8. The molecule has 3 amide bonds. The van der Waals surface area contributed by atoms with E-state index in [-0.39, 0.29) is 24.3 Å². The van der Waals surface area contributed by atoms with Crippen molar-refractivity contribution in [1.29, 1.82) is 0 Å². The SMILES string of the molecule is CC(C)C[C@H]1C(=O)N2CCC[C@H]2[C@@]2(OOS(C)(=O)=O)O[C@](NC(=O)[C@@H]3C=C4c5cccc6[nH]c(Br)c(c56)C[C@H]4N(C)C3)(C(C)C)C(=O)N12. The summed E-state index contributed by atoms with van der Waals surface area (Å²) >= 11 is 3.69. The molecule has 3 saturated heterocycles. The fraction of sp³-hybridized carbons (Fsp3) is 0.606. The number of hydrogen-bond acceptors (Lipinski definition) is 9. The molecule has 13 nitrogen and oxygen atoms in total. The first-order valence-electron chi connectivity index (χ1n) is 16.5. The highest BCUT2D eigenvalue weighted by Gasteiger charge is 2.74. The Labute approximate surface area is 288 Å². The van der Waals surface area contributed by atoms with Crippen molar-refractivity contribution in [3.05, 3.63) is 40.0 Å². The predicted molar refractivity (Wildman–Crippen MR) is 179 cm³/mol. The van der Waals surface area contributed by atoms with Gasteiger partial charge in [0.2, 0.25) is 17.5 Å². The number of H-pyrrole nitrogens is 1. The average Bonchev–Trinajstić information content (AvgIpc) is 3.70. The Morgan fingerprint density at radius 2 is 1.98 bits per heavy atom. The van der Waals surface area contributed by atoms with E-state index in [0.29, 0.717) is 25.9 Å². The summed E-state index contributed by atoms with van der Waals surface area (Å²) in [6, 6.07) is 4.27. The van der Waals surface area contributed by atoms with Crippen molar-refractivity contribution in [3.63, 3.8) is 0 Å². The number of benzene rings is 1. The van der Waals surface area contributed by atoms with Gasteiger partial charge in [0.05, 0.1) is 16.8 Å². The van der Waals surface area contributed by atoms with Crippen molar-refractivity contribution in [2.24, 2.45) is 17.8 Å². The van der Waals surface area contributed by atoms with E-state index in [1.807, 2.05) is 39.1 Å². The van der Waals surface area contributed by atoms with Crippen LogP contribution < -0.4 is 5.32 Å². The molecule has 15 heteroatoms. The van der Waals surface area contributed by atoms with Gasteiger partial charge in [0.25, 0.3) is 16.0 Å². The highest BCUT2D eigenvalue weighted by molar-refractivity contribution is 9.10. The van der Waals surface area contributed by atoms with Crippen LogP contribution in [0, 0.1) is 17.8 Å². The van der Waals surface area contributed by atoms with Gasteiger partial charge in [-0.3, -0.25) is 28.9 Å². The summed E-state index contributed by atoms with van der Waals surface area (Å²) in [5.74, 6) is -4.78. The molecule has 0 radical (unpaired) electrons. The molecule has 48 heavy (non-hydrogen) atoms. The second-order valence-corrected chi connectivity index (χ2v) is 16.8. The third kappa shape index (κ3) is 5.06. The largest absolute Gasteiger partial charge is 0.349 e. The summed E-state index contributed by atoms with van der Waals surface area (Å²) in [5.41, 5.74) is 2.32. The topological polar surface area (TPSA) is 151 Å². The van der Waals surface area contributed by atoms with E-state index < -0.39 is 57.5 Å². The van der Waals surface area contributed by atoms with Gasteiger partial charge < -0.3 is 15.2 Å². The number of likely N-dealkylation sites (N-methyl/N-ethyl adjacent to an activating group) is 1. The molecule has 0 unspecified atom stereocenters. The molecule has 2 aromatic rings. The van der Waals surface area contributed by atoms with E-state index in [4.69, 9.17) is 14.0 Å². The average molecular weight is 749 g/mol. The zero-order chi connectivity index (χ0) is 34.5. The molecule has 5 heterocycles. The second-order valence-electron chi connectivity index (χ2n) is 14.5. The lowest BCUT2D eigenvalue weighted by Gasteiger charge is -2.50. The Hall–Kier alpha value is -2.82. The van der Waals surface area contributed by atoms with Crippen molar-refractivity contribution < 1.29 is 36.8 Å². The molecule has 1 aromatic carbocycles. The molecular formula is C33H42BrN5O8S. The summed E-state index contributed by atoms with van der Waals surface area (Å²) < 4.78 is 37.1. The standard InChI is InChI=1S/C33H42BrN5O8S/c1-17(2)13-25-30(41)38-12-8-11-26(38)33(46-47-48(6,43)44)39(25)31(42)32(45-33,18(3)4)36-29(40)19-14-21-20-9-7-10-23-27(20)22(28(34)35-23)15-24(21)37(5)16-19/h7,9-10,14,17-19,24-26,35H,8,11-13,15-16H2,1-6H3,(H,36,40)/t19-,24-,25+,26+,32-,33+/m1/s1. The minimum Gasteiger partial charge on any atom is -0.349 e. The zero-order valence-corrected chi connectivity index (χ0v) is 30.3. The number of carbonyl (C=O) groups excluding carboxylic acids is 3. The molecule has 0 spiro atoms. The number of aromatic amines is 1. The monoisotopic (exact) mass is 747 g/mol. The van der Waals surface area contributed by atoms with E-state index in [0.717, 1.165) is 39.3 Å². The number of piperazine rings is 1. The summed E-state index contributed by atoms with van der Waals surface area (Å²) in [5, 5.41) is 4.09. The number of ether oxygens (including phenoxy) is 1. The van der Waals surface area contributed by atoms with Crippen molar-refractivity contribution in [3.8, 4) is 0 Å². The lowest BCUT2D eigenvalue weighted by molar-refractivity contribution is -0.441. The quantitative estimate of drug-likeness (QED) is 0.307. The number of nitrogens with one attached hydrogen (secondary N) is 2. The molecule has 2 N–H and O–H groups in total. The zero-order valence-electron chi connectivity index (χ0n) is 27.9.